The number of nitrogens with zero attached hydrogens (tertiary/aromatic N) is 2. The topological polar surface area (TPSA) is 56.3 Å². The highest BCUT2D eigenvalue weighted by Crippen LogP contribution is 2.33. The first kappa shape index (κ1) is 11.8. The average Bonchev–Trinajstić information content (AvgIpc) is 2.48. The number of hydrogen-bond donors (Lipinski definition) is 1. The lowest BCUT2D eigenvalue weighted by molar-refractivity contribution is 0.274. The molecule has 2 aromatic rings. The van der Waals surface area contributed by atoms with Gasteiger partial charge in [0.25, 0.3) is 0 Å². The molecule has 1 aliphatic rings. The van der Waals surface area contributed by atoms with Gasteiger partial charge in [-0.15, -0.1) is 0 Å². The summed E-state index contributed by atoms with van der Waals surface area (Å²) in [5, 5.41) is 3.40. The maximum Gasteiger partial charge on any atom is 0.218 e. The minimum atomic E-state index is 0.199. The first-order valence-corrected chi connectivity index (χ1v) is 6.21. The molecular weight excluding hydrogens is 242 g/mol. The van der Waals surface area contributed by atoms with Gasteiger partial charge < -0.3 is 14.8 Å². The van der Waals surface area contributed by atoms with Gasteiger partial charge in [0.15, 0.2) is 0 Å². The Labute approximate surface area is 111 Å². The summed E-state index contributed by atoms with van der Waals surface area (Å²) in [6, 6.07) is 10.0. The fraction of sp³-hybridized carbons (Fsp3) is 0.286. The maximum absolute atomic E-state index is 5.64. The predicted molar refractivity (Wildman–Crippen MR) is 71.5 cm³/mol. The minimum absolute atomic E-state index is 0.199. The monoisotopic (exact) mass is 257 g/mol. The van der Waals surface area contributed by atoms with Crippen molar-refractivity contribution in [2.75, 3.05) is 19.0 Å². The molecule has 0 radical (unpaired) electrons. The van der Waals surface area contributed by atoms with Crippen molar-refractivity contribution >= 4 is 5.82 Å². The van der Waals surface area contributed by atoms with Crippen LogP contribution in [-0.4, -0.2) is 23.7 Å². The van der Waals surface area contributed by atoms with Crippen LogP contribution in [0.4, 0.5) is 5.82 Å². The molecule has 0 amide bonds. The summed E-state index contributed by atoms with van der Waals surface area (Å²) in [4.78, 5) is 8.21. The molecule has 0 aliphatic carbocycles. The summed E-state index contributed by atoms with van der Waals surface area (Å²) in [5.74, 6) is 2.25. The molecule has 98 valence electrons. The van der Waals surface area contributed by atoms with E-state index in [2.05, 4.69) is 21.4 Å². The molecule has 19 heavy (non-hydrogen) atoms. The van der Waals surface area contributed by atoms with E-state index in [1.54, 1.807) is 13.2 Å². The summed E-state index contributed by atoms with van der Waals surface area (Å²) in [7, 11) is 1.59. The number of para-hydroxylation sites is 1. The third-order valence-electron chi connectivity index (χ3n) is 3.13. The molecule has 1 aromatic heterocycles. The normalized spacial score (nSPS) is 17.2. The van der Waals surface area contributed by atoms with Crippen molar-refractivity contribution in [1.82, 2.24) is 9.97 Å². The van der Waals surface area contributed by atoms with Crippen LogP contribution in [0.15, 0.2) is 36.7 Å². The molecule has 1 atom stereocenters. The van der Waals surface area contributed by atoms with Gasteiger partial charge in [0.2, 0.25) is 5.88 Å². The van der Waals surface area contributed by atoms with Crippen LogP contribution >= 0.6 is 0 Å². The van der Waals surface area contributed by atoms with E-state index in [0.29, 0.717) is 12.5 Å². The Hall–Kier alpha value is -2.30. The van der Waals surface area contributed by atoms with Crippen LogP contribution in [0.5, 0.6) is 11.6 Å². The Balaban J connectivity index is 1.84. The Morgan fingerprint density at radius 2 is 2.21 bits per heavy atom. The van der Waals surface area contributed by atoms with Crippen molar-refractivity contribution in [3.8, 4) is 11.6 Å². The van der Waals surface area contributed by atoms with Crippen LogP contribution in [0.1, 0.15) is 18.0 Å². The van der Waals surface area contributed by atoms with E-state index in [-0.39, 0.29) is 6.04 Å². The zero-order valence-corrected chi connectivity index (χ0v) is 10.7. The van der Waals surface area contributed by atoms with Crippen molar-refractivity contribution in [3.05, 3.63) is 42.2 Å². The first-order chi connectivity index (χ1) is 9.36. The van der Waals surface area contributed by atoms with Gasteiger partial charge in [-0.2, -0.15) is 0 Å². The second-order valence-electron chi connectivity index (χ2n) is 4.32. The molecule has 3 rings (SSSR count). The highest BCUT2D eigenvalue weighted by molar-refractivity contribution is 5.45. The smallest absolute Gasteiger partial charge is 0.218 e. The quantitative estimate of drug-likeness (QED) is 0.915. The van der Waals surface area contributed by atoms with Crippen LogP contribution < -0.4 is 14.8 Å². The van der Waals surface area contributed by atoms with Gasteiger partial charge in [-0.3, -0.25) is 0 Å². The second-order valence-corrected chi connectivity index (χ2v) is 4.32. The summed E-state index contributed by atoms with van der Waals surface area (Å²) in [6.07, 6.45) is 2.40. The largest absolute Gasteiger partial charge is 0.493 e. The third kappa shape index (κ3) is 2.45. The third-order valence-corrected chi connectivity index (χ3v) is 3.13. The highest BCUT2D eigenvalue weighted by atomic mass is 16.5. The molecule has 0 fully saturated rings. The van der Waals surface area contributed by atoms with Gasteiger partial charge in [0, 0.05) is 18.1 Å². The van der Waals surface area contributed by atoms with E-state index in [1.807, 2.05) is 18.2 Å². The van der Waals surface area contributed by atoms with Gasteiger partial charge in [-0.1, -0.05) is 18.2 Å². The molecule has 0 spiro atoms. The Morgan fingerprint density at radius 3 is 3.11 bits per heavy atom. The minimum Gasteiger partial charge on any atom is -0.493 e. The van der Waals surface area contributed by atoms with Crippen molar-refractivity contribution in [2.24, 2.45) is 0 Å². The number of methoxy groups -OCH3 is 1. The number of aromatic nitrogens is 2. The molecule has 0 saturated heterocycles. The summed E-state index contributed by atoms with van der Waals surface area (Å²) < 4.78 is 10.7. The van der Waals surface area contributed by atoms with Gasteiger partial charge in [-0.05, 0) is 6.07 Å². The lowest BCUT2D eigenvalue weighted by atomic mass is 10.0. The van der Waals surface area contributed by atoms with E-state index in [1.165, 1.54) is 6.33 Å². The van der Waals surface area contributed by atoms with Crippen molar-refractivity contribution < 1.29 is 9.47 Å². The molecule has 1 aromatic carbocycles. The molecule has 1 unspecified atom stereocenters. The number of benzene rings is 1. The van der Waals surface area contributed by atoms with Crippen LogP contribution in [0, 0.1) is 0 Å². The van der Waals surface area contributed by atoms with Gasteiger partial charge >= 0.3 is 0 Å². The van der Waals surface area contributed by atoms with E-state index < -0.39 is 0 Å². The number of hydrogen-bond acceptors (Lipinski definition) is 5. The molecule has 0 bridgehead atoms. The van der Waals surface area contributed by atoms with E-state index >= 15 is 0 Å². The second kappa shape index (κ2) is 5.14. The van der Waals surface area contributed by atoms with Crippen molar-refractivity contribution in [1.29, 1.82) is 0 Å². The van der Waals surface area contributed by atoms with Gasteiger partial charge in [0.05, 0.1) is 19.8 Å². The highest BCUT2D eigenvalue weighted by Gasteiger charge is 2.21. The lowest BCUT2D eigenvalue weighted by Gasteiger charge is -2.26. The van der Waals surface area contributed by atoms with Crippen LogP contribution in [-0.2, 0) is 0 Å². The molecule has 2 heterocycles. The molecular formula is C14H15N3O2. The van der Waals surface area contributed by atoms with Crippen molar-refractivity contribution in [2.45, 2.75) is 12.5 Å². The molecule has 1 aliphatic heterocycles. The summed E-state index contributed by atoms with van der Waals surface area (Å²) >= 11 is 0. The summed E-state index contributed by atoms with van der Waals surface area (Å²) in [5.41, 5.74) is 1.16. The fourth-order valence-corrected chi connectivity index (χ4v) is 2.20. The maximum atomic E-state index is 5.64. The van der Waals surface area contributed by atoms with Gasteiger partial charge in [-0.25, -0.2) is 9.97 Å². The van der Waals surface area contributed by atoms with Gasteiger partial charge in [0.1, 0.15) is 17.9 Å². The van der Waals surface area contributed by atoms with E-state index in [0.717, 1.165) is 23.6 Å². The molecule has 5 heteroatoms. The zero-order valence-electron chi connectivity index (χ0n) is 10.7. The molecule has 5 nitrogen and oxygen atoms in total. The standard InChI is InChI=1S/C14H15N3O2/c1-18-14-8-13(15-9-16-14)17-11-6-7-19-12-5-3-2-4-10(11)12/h2-5,8-9,11H,6-7H2,1H3,(H,15,16,17). The Morgan fingerprint density at radius 1 is 1.32 bits per heavy atom. The SMILES string of the molecule is COc1cc(NC2CCOc3ccccc32)ncn1. The van der Waals surface area contributed by atoms with Crippen LogP contribution in [0.2, 0.25) is 0 Å². The van der Waals surface area contributed by atoms with E-state index in [9.17, 15) is 0 Å². The predicted octanol–water partition coefficient (Wildman–Crippen LogP) is 2.42. The lowest BCUT2D eigenvalue weighted by Crippen LogP contribution is -2.20. The number of fused-ring (bicyclic) bond motifs is 1. The van der Waals surface area contributed by atoms with Crippen LogP contribution in [0.25, 0.3) is 0 Å². The number of nitrogens with one attached hydrogen (secondary N) is 1. The number of rotatable bonds is 3. The molecule has 0 saturated carbocycles. The van der Waals surface area contributed by atoms with Crippen LogP contribution in [0.3, 0.4) is 0 Å². The Bertz CT molecular complexity index is 574. The number of ether oxygens (including phenoxy) is 2. The van der Waals surface area contributed by atoms with E-state index in [4.69, 9.17) is 9.47 Å². The fourth-order valence-electron chi connectivity index (χ4n) is 2.20. The average molecular weight is 257 g/mol. The molecule has 1 N–H and O–H groups in total. The number of anilines is 1. The zero-order chi connectivity index (χ0) is 13.1. The first-order valence-electron chi connectivity index (χ1n) is 6.21. The van der Waals surface area contributed by atoms with Crippen molar-refractivity contribution in [3.63, 3.8) is 0 Å². The Kier molecular flexibility index (Phi) is 3.18. The summed E-state index contributed by atoms with van der Waals surface area (Å²) in [6.45, 7) is 0.705.